The van der Waals surface area contributed by atoms with Gasteiger partial charge in [-0.1, -0.05) is 22.0 Å². The molecule has 0 radical (unpaired) electrons. The number of aromatic nitrogens is 1. The fraction of sp³-hybridized carbons (Fsp3) is 0.158. The molecule has 1 aromatic heterocycles. The molecule has 0 N–H and O–H groups in total. The van der Waals surface area contributed by atoms with Crippen LogP contribution in [-0.2, 0) is 4.79 Å². The smallest absolute Gasteiger partial charge is 0.293 e. The number of amides is 2. The van der Waals surface area contributed by atoms with Gasteiger partial charge < -0.3 is 4.57 Å². The van der Waals surface area contributed by atoms with Gasteiger partial charge in [-0.2, -0.15) is 0 Å². The number of carbonyl (C=O) groups is 2. The van der Waals surface area contributed by atoms with Crippen molar-refractivity contribution < 1.29 is 9.59 Å². The highest BCUT2D eigenvalue weighted by molar-refractivity contribution is 9.10. The Hall–Kier alpha value is -2.05. The van der Waals surface area contributed by atoms with Crippen molar-refractivity contribution >= 4 is 44.9 Å². The van der Waals surface area contributed by atoms with Crippen molar-refractivity contribution in [3.8, 4) is 5.69 Å². The molecule has 0 spiro atoms. The number of halogens is 1. The molecule has 0 unspecified atom stereocenters. The van der Waals surface area contributed by atoms with Gasteiger partial charge in [0.25, 0.3) is 11.1 Å². The predicted octanol–water partition coefficient (Wildman–Crippen LogP) is 5.08. The van der Waals surface area contributed by atoms with Crippen LogP contribution in [0, 0.1) is 13.8 Å². The third kappa shape index (κ3) is 3.37. The number of benzene rings is 1. The molecule has 6 heteroatoms. The van der Waals surface area contributed by atoms with Gasteiger partial charge in [0.2, 0.25) is 0 Å². The Morgan fingerprint density at radius 2 is 1.88 bits per heavy atom. The fourth-order valence-electron chi connectivity index (χ4n) is 2.85. The van der Waals surface area contributed by atoms with Gasteiger partial charge in [-0.3, -0.25) is 14.5 Å². The lowest BCUT2D eigenvalue weighted by molar-refractivity contribution is -0.122. The van der Waals surface area contributed by atoms with Crippen LogP contribution in [0.4, 0.5) is 4.79 Å². The van der Waals surface area contributed by atoms with Crippen molar-refractivity contribution in [3.63, 3.8) is 0 Å². The maximum atomic E-state index is 12.4. The first kappa shape index (κ1) is 17.8. The first-order valence-corrected chi connectivity index (χ1v) is 9.34. The molecule has 1 aliphatic heterocycles. The summed E-state index contributed by atoms with van der Waals surface area (Å²) in [7, 11) is 0. The SMILES string of the molecule is C=CCN1C(=O)S/C(=C\c2cc(C)n(-c3ccc(Br)cc3)c2C)C1=O. The van der Waals surface area contributed by atoms with Gasteiger partial charge in [0.05, 0.1) is 4.91 Å². The quantitative estimate of drug-likeness (QED) is 0.515. The second kappa shape index (κ2) is 7.06. The van der Waals surface area contributed by atoms with E-state index >= 15 is 0 Å². The molecule has 1 aromatic carbocycles. The molecule has 2 aromatic rings. The Labute approximate surface area is 159 Å². The zero-order chi connectivity index (χ0) is 18.1. The van der Waals surface area contributed by atoms with Gasteiger partial charge in [-0.05, 0) is 67.6 Å². The van der Waals surface area contributed by atoms with E-state index in [4.69, 9.17) is 0 Å². The Morgan fingerprint density at radius 3 is 2.52 bits per heavy atom. The Kier molecular flexibility index (Phi) is 5.01. The van der Waals surface area contributed by atoms with E-state index in [1.165, 1.54) is 4.90 Å². The van der Waals surface area contributed by atoms with Crippen molar-refractivity contribution in [1.29, 1.82) is 0 Å². The second-order valence-electron chi connectivity index (χ2n) is 5.72. The Balaban J connectivity index is 1.99. The van der Waals surface area contributed by atoms with E-state index in [0.29, 0.717) is 4.91 Å². The van der Waals surface area contributed by atoms with Gasteiger partial charge in [-0.15, -0.1) is 6.58 Å². The molecule has 2 heterocycles. The van der Waals surface area contributed by atoms with E-state index in [2.05, 4.69) is 27.1 Å². The topological polar surface area (TPSA) is 42.3 Å². The third-order valence-corrected chi connectivity index (χ3v) is 5.46. The van der Waals surface area contributed by atoms with E-state index in [1.54, 1.807) is 12.2 Å². The summed E-state index contributed by atoms with van der Waals surface area (Å²) in [5.41, 5.74) is 4.08. The molecule has 0 bridgehead atoms. The Morgan fingerprint density at radius 1 is 1.20 bits per heavy atom. The van der Waals surface area contributed by atoms with Crippen LogP contribution < -0.4 is 0 Å². The minimum absolute atomic E-state index is 0.236. The summed E-state index contributed by atoms with van der Waals surface area (Å²) < 4.78 is 3.15. The highest BCUT2D eigenvalue weighted by Crippen LogP contribution is 2.33. The lowest BCUT2D eigenvalue weighted by atomic mass is 10.2. The molecule has 0 saturated carbocycles. The number of carbonyl (C=O) groups excluding carboxylic acids is 2. The summed E-state index contributed by atoms with van der Waals surface area (Å²) in [4.78, 5) is 26.0. The van der Waals surface area contributed by atoms with E-state index in [-0.39, 0.29) is 17.7 Å². The molecular weight excluding hydrogens is 400 g/mol. The third-order valence-electron chi connectivity index (χ3n) is 4.03. The average Bonchev–Trinajstić information content (AvgIpc) is 3.00. The van der Waals surface area contributed by atoms with Gasteiger partial charge in [0, 0.05) is 28.1 Å². The molecular formula is C19H17BrN2O2S. The van der Waals surface area contributed by atoms with Crippen molar-refractivity contribution in [3.05, 3.63) is 69.3 Å². The number of hydrogen-bond acceptors (Lipinski definition) is 3. The first-order chi connectivity index (χ1) is 11.9. The van der Waals surface area contributed by atoms with Crippen molar-refractivity contribution in [2.24, 2.45) is 0 Å². The molecule has 3 rings (SSSR count). The minimum atomic E-state index is -0.261. The summed E-state index contributed by atoms with van der Waals surface area (Å²) in [6.07, 6.45) is 3.35. The number of rotatable bonds is 4. The normalized spacial score (nSPS) is 16.1. The van der Waals surface area contributed by atoms with E-state index in [1.807, 2.05) is 44.2 Å². The minimum Gasteiger partial charge on any atom is -0.318 e. The largest absolute Gasteiger partial charge is 0.318 e. The molecule has 0 aliphatic carbocycles. The molecule has 2 amide bonds. The predicted molar refractivity (Wildman–Crippen MR) is 106 cm³/mol. The molecule has 1 saturated heterocycles. The van der Waals surface area contributed by atoms with Crippen molar-refractivity contribution in [2.75, 3.05) is 6.54 Å². The summed E-state index contributed by atoms with van der Waals surface area (Å²) in [5, 5.41) is -0.252. The maximum absolute atomic E-state index is 12.4. The summed E-state index contributed by atoms with van der Waals surface area (Å²) in [5.74, 6) is -0.261. The zero-order valence-electron chi connectivity index (χ0n) is 14.0. The van der Waals surface area contributed by atoms with Gasteiger partial charge in [-0.25, -0.2) is 0 Å². The van der Waals surface area contributed by atoms with Crippen molar-refractivity contribution in [1.82, 2.24) is 9.47 Å². The number of imide groups is 1. The molecule has 128 valence electrons. The van der Waals surface area contributed by atoms with Gasteiger partial charge in [0.15, 0.2) is 0 Å². The summed E-state index contributed by atoms with van der Waals surface area (Å²) in [6.45, 7) is 7.86. The average molecular weight is 417 g/mol. The van der Waals surface area contributed by atoms with Crippen molar-refractivity contribution in [2.45, 2.75) is 13.8 Å². The maximum Gasteiger partial charge on any atom is 0.293 e. The van der Waals surface area contributed by atoms with Crippen LogP contribution in [0.15, 0.2) is 52.4 Å². The van der Waals surface area contributed by atoms with Crippen LogP contribution in [0.3, 0.4) is 0 Å². The van der Waals surface area contributed by atoms with E-state index < -0.39 is 0 Å². The molecule has 0 atom stereocenters. The van der Waals surface area contributed by atoms with Crippen LogP contribution in [0.5, 0.6) is 0 Å². The summed E-state index contributed by atoms with van der Waals surface area (Å²) >= 11 is 4.42. The first-order valence-electron chi connectivity index (χ1n) is 7.73. The van der Waals surface area contributed by atoms with Crippen LogP contribution in [0.1, 0.15) is 17.0 Å². The highest BCUT2D eigenvalue weighted by atomic mass is 79.9. The second-order valence-corrected chi connectivity index (χ2v) is 7.63. The molecule has 1 fully saturated rings. The zero-order valence-corrected chi connectivity index (χ0v) is 16.4. The highest BCUT2D eigenvalue weighted by Gasteiger charge is 2.34. The van der Waals surface area contributed by atoms with E-state index in [9.17, 15) is 9.59 Å². The Bertz CT molecular complexity index is 897. The van der Waals surface area contributed by atoms with Crippen LogP contribution >= 0.6 is 27.7 Å². The van der Waals surface area contributed by atoms with Crippen LogP contribution in [-0.4, -0.2) is 27.2 Å². The number of aryl methyl sites for hydroxylation is 1. The molecule has 4 nitrogen and oxygen atoms in total. The summed E-state index contributed by atoms with van der Waals surface area (Å²) in [6, 6.07) is 10.1. The monoisotopic (exact) mass is 416 g/mol. The number of nitrogens with zero attached hydrogens (tertiary/aromatic N) is 2. The van der Waals surface area contributed by atoms with E-state index in [0.717, 1.165) is 38.9 Å². The lowest BCUT2D eigenvalue weighted by Gasteiger charge is -2.10. The van der Waals surface area contributed by atoms with Gasteiger partial charge >= 0.3 is 0 Å². The van der Waals surface area contributed by atoms with Gasteiger partial charge in [0.1, 0.15) is 0 Å². The standard InChI is InChI=1S/C19H17BrN2O2S/c1-4-9-21-18(23)17(25-19(21)24)11-14-10-12(2)22(13(14)3)16-7-5-15(20)6-8-16/h4-8,10-11H,1,9H2,2-3H3/b17-11-. The number of hydrogen-bond donors (Lipinski definition) is 0. The molecule has 1 aliphatic rings. The number of thioether (sulfide) groups is 1. The molecule has 25 heavy (non-hydrogen) atoms. The van der Waals surface area contributed by atoms with Crippen LogP contribution in [0.2, 0.25) is 0 Å². The van der Waals surface area contributed by atoms with Crippen LogP contribution in [0.25, 0.3) is 11.8 Å². The lowest BCUT2D eigenvalue weighted by Crippen LogP contribution is -2.27. The fourth-order valence-corrected chi connectivity index (χ4v) is 3.95.